The van der Waals surface area contributed by atoms with Gasteiger partial charge in [-0.15, -0.1) is 0 Å². The number of alkyl halides is 1. The molecule has 1 unspecified atom stereocenters. The van der Waals surface area contributed by atoms with Gasteiger partial charge in [-0.2, -0.15) is 0 Å². The first kappa shape index (κ1) is 7.36. The topological polar surface area (TPSA) is 57.5 Å². The molecule has 0 heterocycles. The van der Waals surface area contributed by atoms with Crippen LogP contribution in [0.25, 0.3) is 0 Å². The third-order valence-electron chi connectivity index (χ3n) is 0.659. The molecule has 2 N–H and O–H groups in total. The van der Waals surface area contributed by atoms with E-state index >= 15 is 0 Å². The van der Waals surface area contributed by atoms with E-state index in [2.05, 4.69) is 0 Å². The van der Waals surface area contributed by atoms with Gasteiger partial charge in [0.25, 0.3) is 0 Å². The molecule has 48 valence electrons. The van der Waals surface area contributed by atoms with E-state index in [1.165, 1.54) is 0 Å². The largest absolute Gasteiger partial charge is 0.479 e. The van der Waals surface area contributed by atoms with Crippen LogP contribution in [0.3, 0.4) is 0 Å². The fraction of sp³-hybridized carbons (Fsp3) is 0.750. The summed E-state index contributed by atoms with van der Waals surface area (Å²) in [7, 11) is 0. The van der Waals surface area contributed by atoms with Crippen LogP contribution >= 0.6 is 0 Å². The minimum atomic E-state index is -2.16. The molecule has 0 aromatic heterocycles. The van der Waals surface area contributed by atoms with Crippen molar-refractivity contribution in [1.29, 1.82) is 0 Å². The standard InChI is InChI=1S/C4H7FO3/c1-2(6)3(5)4(7)8/h2-3,6H,1H3,(H,7,8)/t2-,3?/m0/s1. The second-order valence-corrected chi connectivity index (χ2v) is 1.48. The zero-order chi connectivity index (χ0) is 6.73. The zero-order valence-corrected chi connectivity index (χ0v) is 4.34. The lowest BCUT2D eigenvalue weighted by molar-refractivity contribution is -0.146. The van der Waals surface area contributed by atoms with Crippen LogP contribution in [0.5, 0.6) is 0 Å². The number of aliphatic hydroxyl groups is 1. The molecule has 0 spiro atoms. The van der Waals surface area contributed by atoms with Crippen molar-refractivity contribution in [2.45, 2.75) is 19.2 Å². The lowest BCUT2D eigenvalue weighted by Crippen LogP contribution is -2.26. The number of carbonyl (C=O) groups is 1. The van der Waals surface area contributed by atoms with E-state index in [1.807, 2.05) is 0 Å². The number of hydrogen-bond donors (Lipinski definition) is 2. The van der Waals surface area contributed by atoms with Gasteiger partial charge in [-0.05, 0) is 6.92 Å². The SMILES string of the molecule is C[C@H](O)C(F)C(=O)O. The minimum Gasteiger partial charge on any atom is -0.479 e. The summed E-state index contributed by atoms with van der Waals surface area (Å²) in [5.74, 6) is -1.62. The highest BCUT2D eigenvalue weighted by molar-refractivity contribution is 5.72. The van der Waals surface area contributed by atoms with Crippen molar-refractivity contribution in [1.82, 2.24) is 0 Å². The molecule has 3 nitrogen and oxygen atoms in total. The van der Waals surface area contributed by atoms with Crippen LogP contribution < -0.4 is 0 Å². The van der Waals surface area contributed by atoms with Gasteiger partial charge >= 0.3 is 5.97 Å². The number of carboxylic acids is 1. The van der Waals surface area contributed by atoms with E-state index in [0.29, 0.717) is 0 Å². The Morgan fingerprint density at radius 3 is 2.12 bits per heavy atom. The molecule has 0 aliphatic heterocycles. The highest BCUT2D eigenvalue weighted by Crippen LogP contribution is 1.96. The van der Waals surface area contributed by atoms with Crippen molar-refractivity contribution in [3.63, 3.8) is 0 Å². The van der Waals surface area contributed by atoms with Crippen molar-refractivity contribution < 1.29 is 19.4 Å². The maximum Gasteiger partial charge on any atom is 0.341 e. The average molecular weight is 122 g/mol. The normalized spacial score (nSPS) is 17.4. The van der Waals surface area contributed by atoms with Crippen LogP contribution in [0, 0.1) is 0 Å². The van der Waals surface area contributed by atoms with E-state index < -0.39 is 18.2 Å². The molecule has 0 amide bonds. The second kappa shape index (κ2) is 2.61. The molecule has 0 aliphatic rings. The number of halogens is 1. The van der Waals surface area contributed by atoms with Gasteiger partial charge in [-0.25, -0.2) is 9.18 Å². The first-order valence-electron chi connectivity index (χ1n) is 2.10. The summed E-state index contributed by atoms with van der Waals surface area (Å²) in [6.45, 7) is 1.08. The summed E-state index contributed by atoms with van der Waals surface area (Å²) in [4.78, 5) is 9.61. The maximum atomic E-state index is 11.8. The van der Waals surface area contributed by atoms with Gasteiger partial charge in [-0.3, -0.25) is 0 Å². The Bertz CT molecular complexity index is 91.3. The van der Waals surface area contributed by atoms with E-state index in [4.69, 9.17) is 10.2 Å². The lowest BCUT2D eigenvalue weighted by Gasteiger charge is -2.02. The average Bonchev–Trinajstić information content (AvgIpc) is 1.64. The maximum absolute atomic E-state index is 11.8. The number of rotatable bonds is 2. The van der Waals surface area contributed by atoms with Crippen molar-refractivity contribution >= 4 is 5.97 Å². The van der Waals surface area contributed by atoms with Crippen LogP contribution in [0.4, 0.5) is 4.39 Å². The number of aliphatic hydroxyl groups excluding tert-OH is 1. The first-order valence-corrected chi connectivity index (χ1v) is 2.10. The predicted octanol–water partition coefficient (Wildman–Crippen LogP) is -0.210. The molecule has 0 aliphatic carbocycles. The first-order chi connectivity index (χ1) is 3.55. The third kappa shape index (κ3) is 1.88. The van der Waals surface area contributed by atoms with Crippen LogP contribution in [-0.4, -0.2) is 28.5 Å². The van der Waals surface area contributed by atoms with Crippen LogP contribution in [0.1, 0.15) is 6.92 Å². The number of hydrogen-bond acceptors (Lipinski definition) is 2. The van der Waals surface area contributed by atoms with Crippen molar-refractivity contribution in [2.24, 2.45) is 0 Å². The van der Waals surface area contributed by atoms with E-state index in [1.54, 1.807) is 0 Å². The van der Waals surface area contributed by atoms with Gasteiger partial charge < -0.3 is 10.2 Å². The third-order valence-corrected chi connectivity index (χ3v) is 0.659. The molecule has 0 fully saturated rings. The highest BCUT2D eigenvalue weighted by atomic mass is 19.1. The molecule has 0 rings (SSSR count). The molecule has 8 heavy (non-hydrogen) atoms. The molecule has 0 radical (unpaired) electrons. The summed E-state index contributed by atoms with van der Waals surface area (Å²) in [6, 6.07) is 0. The summed E-state index contributed by atoms with van der Waals surface area (Å²) in [5.41, 5.74) is 0. The summed E-state index contributed by atoms with van der Waals surface area (Å²) in [6.07, 6.45) is -3.58. The number of carboxylic acid groups (broad SMARTS) is 1. The van der Waals surface area contributed by atoms with Crippen molar-refractivity contribution in [3.8, 4) is 0 Å². The van der Waals surface area contributed by atoms with Crippen LogP contribution in [0.15, 0.2) is 0 Å². The summed E-state index contributed by atoms with van der Waals surface area (Å²) in [5, 5.41) is 16.1. The summed E-state index contributed by atoms with van der Waals surface area (Å²) < 4.78 is 11.8. The van der Waals surface area contributed by atoms with Crippen LogP contribution in [0.2, 0.25) is 0 Å². The van der Waals surface area contributed by atoms with E-state index in [-0.39, 0.29) is 0 Å². The van der Waals surface area contributed by atoms with E-state index in [0.717, 1.165) is 6.92 Å². The Kier molecular flexibility index (Phi) is 2.41. The minimum absolute atomic E-state index is 1.08. The highest BCUT2D eigenvalue weighted by Gasteiger charge is 2.20. The molecule has 0 saturated carbocycles. The van der Waals surface area contributed by atoms with Gasteiger partial charge in [0.2, 0.25) is 6.17 Å². The molecule has 0 bridgehead atoms. The fourth-order valence-corrected chi connectivity index (χ4v) is 0.206. The van der Waals surface area contributed by atoms with Crippen molar-refractivity contribution in [2.75, 3.05) is 0 Å². The second-order valence-electron chi connectivity index (χ2n) is 1.48. The van der Waals surface area contributed by atoms with Gasteiger partial charge in [0, 0.05) is 0 Å². The molecule has 4 heteroatoms. The zero-order valence-electron chi connectivity index (χ0n) is 4.34. The Morgan fingerprint density at radius 2 is 2.12 bits per heavy atom. The van der Waals surface area contributed by atoms with Gasteiger partial charge in [0.05, 0.1) is 6.10 Å². The summed E-state index contributed by atoms with van der Waals surface area (Å²) >= 11 is 0. The molecule has 2 atom stereocenters. The Hall–Kier alpha value is -0.640. The fourth-order valence-electron chi connectivity index (χ4n) is 0.206. The number of aliphatic carboxylic acids is 1. The molecule has 0 aromatic carbocycles. The Morgan fingerprint density at radius 1 is 1.75 bits per heavy atom. The van der Waals surface area contributed by atoms with Gasteiger partial charge in [-0.1, -0.05) is 0 Å². The Balaban J connectivity index is 3.64. The quantitative estimate of drug-likeness (QED) is 0.532. The molecule has 0 saturated heterocycles. The van der Waals surface area contributed by atoms with Crippen molar-refractivity contribution in [3.05, 3.63) is 0 Å². The van der Waals surface area contributed by atoms with Gasteiger partial charge in [0.15, 0.2) is 0 Å². The molecule has 0 aromatic rings. The van der Waals surface area contributed by atoms with Gasteiger partial charge in [0.1, 0.15) is 0 Å². The Labute approximate surface area is 45.7 Å². The smallest absolute Gasteiger partial charge is 0.341 e. The molecular formula is C4H7FO3. The molecular weight excluding hydrogens is 115 g/mol. The lowest BCUT2D eigenvalue weighted by atomic mass is 10.3. The predicted molar refractivity (Wildman–Crippen MR) is 24.2 cm³/mol. The van der Waals surface area contributed by atoms with Crippen LogP contribution in [-0.2, 0) is 4.79 Å². The van der Waals surface area contributed by atoms with E-state index in [9.17, 15) is 9.18 Å². The monoisotopic (exact) mass is 122 g/mol.